The number of anilines is 2. The number of hydrogen-bond acceptors (Lipinski definition) is 6. The fraction of sp³-hybridized carbons (Fsp3) is 0.348. The van der Waals surface area contributed by atoms with Crippen molar-refractivity contribution >= 4 is 11.5 Å². The number of rotatable bonds is 6. The van der Waals surface area contributed by atoms with Crippen LogP contribution in [-0.4, -0.2) is 39.7 Å². The largest absolute Gasteiger partial charge is 0.392 e. The monoisotopic (exact) mass is 389 g/mol. The Bertz CT molecular complexity index is 939. The van der Waals surface area contributed by atoms with E-state index in [9.17, 15) is 5.11 Å². The summed E-state index contributed by atoms with van der Waals surface area (Å²) in [4.78, 5) is 15.9. The van der Waals surface area contributed by atoms with Gasteiger partial charge in [-0.25, -0.2) is 9.97 Å². The first-order chi connectivity index (χ1) is 14.2. The summed E-state index contributed by atoms with van der Waals surface area (Å²) in [7, 11) is 0. The van der Waals surface area contributed by atoms with Crippen molar-refractivity contribution in [3.05, 3.63) is 66.1 Å². The highest BCUT2D eigenvalue weighted by molar-refractivity contribution is 5.62. The lowest BCUT2D eigenvalue weighted by atomic mass is 9.96. The quantitative estimate of drug-likeness (QED) is 0.670. The Morgan fingerprint density at radius 3 is 2.69 bits per heavy atom. The Balaban J connectivity index is 1.39. The standard InChI is InChI=1S/C23H27N5O/c1-17-13-25-23(21-7-3-2-5-19(21)16-29)27-22(17)26-14-18-8-11-28(12-9-18)20-6-4-10-24-15-20/h2-7,10,13,15,18,29H,8-9,11-12,14,16H2,1H3,(H,25,26,27). The zero-order chi connectivity index (χ0) is 20.1. The van der Waals surface area contributed by atoms with Crippen LogP contribution in [0.15, 0.2) is 55.0 Å². The van der Waals surface area contributed by atoms with E-state index in [1.165, 1.54) is 5.69 Å². The van der Waals surface area contributed by atoms with Crippen molar-refractivity contribution < 1.29 is 5.11 Å². The van der Waals surface area contributed by atoms with Crippen molar-refractivity contribution in [1.29, 1.82) is 0 Å². The van der Waals surface area contributed by atoms with Crippen molar-refractivity contribution in [2.45, 2.75) is 26.4 Å². The number of nitrogens with one attached hydrogen (secondary N) is 1. The van der Waals surface area contributed by atoms with E-state index in [0.29, 0.717) is 11.7 Å². The van der Waals surface area contributed by atoms with Crippen molar-refractivity contribution in [3.8, 4) is 11.4 Å². The molecule has 1 saturated heterocycles. The van der Waals surface area contributed by atoms with Gasteiger partial charge in [-0.15, -0.1) is 0 Å². The first-order valence-electron chi connectivity index (χ1n) is 10.2. The van der Waals surface area contributed by atoms with Crippen LogP contribution < -0.4 is 10.2 Å². The van der Waals surface area contributed by atoms with E-state index in [2.05, 4.69) is 26.3 Å². The number of pyridine rings is 1. The molecular weight excluding hydrogens is 362 g/mol. The third kappa shape index (κ3) is 4.54. The second-order valence-corrected chi connectivity index (χ2v) is 7.56. The van der Waals surface area contributed by atoms with Crippen molar-refractivity contribution in [2.75, 3.05) is 29.9 Å². The number of benzene rings is 1. The Morgan fingerprint density at radius 2 is 1.93 bits per heavy atom. The molecule has 0 atom stereocenters. The molecule has 0 radical (unpaired) electrons. The lowest BCUT2D eigenvalue weighted by Gasteiger charge is -2.33. The van der Waals surface area contributed by atoms with Crippen LogP contribution in [0.4, 0.5) is 11.5 Å². The highest BCUT2D eigenvalue weighted by atomic mass is 16.3. The molecule has 3 heterocycles. The zero-order valence-electron chi connectivity index (χ0n) is 16.8. The molecule has 0 unspecified atom stereocenters. The summed E-state index contributed by atoms with van der Waals surface area (Å²) < 4.78 is 0. The number of hydrogen-bond donors (Lipinski definition) is 2. The predicted octanol–water partition coefficient (Wildman–Crippen LogP) is 3.67. The van der Waals surface area contributed by atoms with Crippen LogP contribution in [0.5, 0.6) is 0 Å². The van der Waals surface area contributed by atoms with E-state index in [0.717, 1.165) is 55.0 Å². The molecule has 1 aromatic carbocycles. The van der Waals surface area contributed by atoms with Crippen LogP contribution in [0.3, 0.4) is 0 Å². The van der Waals surface area contributed by atoms with Crippen LogP contribution in [0.1, 0.15) is 24.0 Å². The first kappa shape index (κ1) is 19.3. The lowest BCUT2D eigenvalue weighted by Crippen LogP contribution is -2.36. The maximum Gasteiger partial charge on any atom is 0.161 e. The minimum absolute atomic E-state index is 0.0221. The fourth-order valence-corrected chi connectivity index (χ4v) is 3.80. The lowest BCUT2D eigenvalue weighted by molar-refractivity contribution is 0.282. The molecule has 4 rings (SSSR count). The van der Waals surface area contributed by atoms with Crippen molar-refractivity contribution in [3.63, 3.8) is 0 Å². The molecule has 0 saturated carbocycles. The van der Waals surface area contributed by atoms with Gasteiger partial charge in [-0.3, -0.25) is 4.98 Å². The molecule has 0 bridgehead atoms. The maximum absolute atomic E-state index is 9.60. The molecular formula is C23H27N5O. The van der Waals surface area contributed by atoms with Crippen LogP contribution in [0, 0.1) is 12.8 Å². The molecule has 0 amide bonds. The topological polar surface area (TPSA) is 74.2 Å². The van der Waals surface area contributed by atoms with Crippen LogP contribution >= 0.6 is 0 Å². The van der Waals surface area contributed by atoms with Gasteiger partial charge >= 0.3 is 0 Å². The van der Waals surface area contributed by atoms with E-state index < -0.39 is 0 Å². The third-order valence-corrected chi connectivity index (χ3v) is 5.58. The third-order valence-electron chi connectivity index (χ3n) is 5.58. The second kappa shape index (κ2) is 9.01. The van der Waals surface area contributed by atoms with Gasteiger partial charge in [0.25, 0.3) is 0 Å². The molecule has 1 aliphatic heterocycles. The number of piperidine rings is 1. The van der Waals surface area contributed by atoms with Crippen molar-refractivity contribution in [1.82, 2.24) is 15.0 Å². The second-order valence-electron chi connectivity index (χ2n) is 7.56. The molecule has 6 nitrogen and oxygen atoms in total. The van der Waals surface area contributed by atoms with Gasteiger partial charge in [-0.1, -0.05) is 24.3 Å². The zero-order valence-corrected chi connectivity index (χ0v) is 16.8. The summed E-state index contributed by atoms with van der Waals surface area (Å²) >= 11 is 0. The van der Waals surface area contributed by atoms with Gasteiger partial charge in [0.05, 0.1) is 18.5 Å². The molecule has 3 aromatic rings. The average Bonchev–Trinajstić information content (AvgIpc) is 2.79. The van der Waals surface area contributed by atoms with Gasteiger partial charge in [-0.2, -0.15) is 0 Å². The molecule has 150 valence electrons. The molecule has 1 fully saturated rings. The smallest absolute Gasteiger partial charge is 0.161 e. The Morgan fingerprint density at radius 1 is 1.10 bits per heavy atom. The highest BCUT2D eigenvalue weighted by Crippen LogP contribution is 2.25. The Hall–Kier alpha value is -2.99. The van der Waals surface area contributed by atoms with Gasteiger partial charge in [0, 0.05) is 43.2 Å². The minimum Gasteiger partial charge on any atom is -0.392 e. The number of aryl methyl sites for hydroxylation is 1. The molecule has 29 heavy (non-hydrogen) atoms. The molecule has 0 spiro atoms. The number of nitrogens with zero attached hydrogens (tertiary/aromatic N) is 4. The van der Waals surface area contributed by atoms with Gasteiger partial charge in [0.2, 0.25) is 0 Å². The summed E-state index contributed by atoms with van der Waals surface area (Å²) in [5.41, 5.74) is 3.95. The van der Waals surface area contributed by atoms with Crippen LogP contribution in [0.2, 0.25) is 0 Å². The predicted molar refractivity (Wildman–Crippen MR) is 116 cm³/mol. The highest BCUT2D eigenvalue weighted by Gasteiger charge is 2.20. The molecule has 1 aliphatic rings. The molecule has 2 N–H and O–H groups in total. The Labute approximate surface area is 171 Å². The van der Waals surface area contributed by atoms with Crippen LogP contribution in [0.25, 0.3) is 11.4 Å². The van der Waals surface area contributed by atoms with Gasteiger partial charge < -0.3 is 15.3 Å². The van der Waals surface area contributed by atoms with E-state index in [-0.39, 0.29) is 6.61 Å². The number of aromatic nitrogens is 3. The summed E-state index contributed by atoms with van der Waals surface area (Å²) in [5.74, 6) is 2.14. The fourth-order valence-electron chi connectivity index (χ4n) is 3.80. The first-order valence-corrected chi connectivity index (χ1v) is 10.2. The summed E-state index contributed by atoms with van der Waals surface area (Å²) in [6, 6.07) is 11.8. The Kier molecular flexibility index (Phi) is 6.00. The average molecular weight is 390 g/mol. The van der Waals surface area contributed by atoms with E-state index in [1.807, 2.05) is 55.8 Å². The minimum atomic E-state index is -0.0221. The number of aliphatic hydroxyl groups excluding tert-OH is 1. The van der Waals surface area contributed by atoms with Crippen LogP contribution in [-0.2, 0) is 6.61 Å². The normalized spacial score (nSPS) is 14.8. The maximum atomic E-state index is 9.60. The van der Waals surface area contributed by atoms with E-state index >= 15 is 0 Å². The molecule has 0 aliphatic carbocycles. The number of aliphatic hydroxyl groups is 1. The van der Waals surface area contributed by atoms with E-state index in [4.69, 9.17) is 4.98 Å². The van der Waals surface area contributed by atoms with Gasteiger partial charge in [0.15, 0.2) is 5.82 Å². The molecule has 2 aromatic heterocycles. The van der Waals surface area contributed by atoms with Crippen molar-refractivity contribution in [2.24, 2.45) is 5.92 Å². The van der Waals surface area contributed by atoms with Gasteiger partial charge in [0.1, 0.15) is 5.82 Å². The van der Waals surface area contributed by atoms with Gasteiger partial charge in [-0.05, 0) is 43.4 Å². The van der Waals surface area contributed by atoms with E-state index in [1.54, 1.807) is 0 Å². The molecule has 6 heteroatoms. The summed E-state index contributed by atoms with van der Waals surface area (Å²) in [6.07, 6.45) is 7.90. The summed E-state index contributed by atoms with van der Waals surface area (Å²) in [6.45, 7) is 5.01. The summed E-state index contributed by atoms with van der Waals surface area (Å²) in [5, 5.41) is 13.1. The SMILES string of the molecule is Cc1cnc(-c2ccccc2CO)nc1NCC1CCN(c2cccnc2)CC1.